The van der Waals surface area contributed by atoms with Crippen molar-refractivity contribution in [2.75, 3.05) is 7.11 Å². The predicted molar refractivity (Wildman–Crippen MR) is 53.1 cm³/mol. The highest BCUT2D eigenvalue weighted by molar-refractivity contribution is 6.22. The predicted octanol–water partition coefficient (Wildman–Crippen LogP) is 1.50. The first-order chi connectivity index (χ1) is 6.66. The average molecular weight is 215 g/mol. The first-order valence-electron chi connectivity index (χ1n) is 4.11. The lowest BCUT2D eigenvalue weighted by Gasteiger charge is -2.14. The Morgan fingerprint density at radius 2 is 2.00 bits per heavy atom. The fraction of sp³-hybridized carbons (Fsp3) is 0.300. The summed E-state index contributed by atoms with van der Waals surface area (Å²) < 4.78 is 4.38. The minimum atomic E-state index is -1.33. The van der Waals surface area contributed by atoms with Crippen LogP contribution in [-0.4, -0.2) is 24.3 Å². The summed E-state index contributed by atoms with van der Waals surface area (Å²) in [6.07, 6.45) is -1.33. The van der Waals surface area contributed by atoms with Crippen LogP contribution in [0.25, 0.3) is 0 Å². The molecule has 0 saturated heterocycles. The molecular weight excluding hydrogens is 204 g/mol. The van der Waals surface area contributed by atoms with Crippen LogP contribution in [0.4, 0.5) is 0 Å². The van der Waals surface area contributed by atoms with Gasteiger partial charge in [-0.1, -0.05) is 30.3 Å². The standard InChI is InChI=1S/C10H11ClO3/c1-14-10(13)9(12)8(11)7-5-3-2-4-6-7/h2-6,8-9,12H,1H3/t8-,9+/m1/s1. The van der Waals surface area contributed by atoms with Crippen LogP contribution in [0.5, 0.6) is 0 Å². The summed E-state index contributed by atoms with van der Waals surface area (Å²) in [4.78, 5) is 11.0. The molecule has 1 N–H and O–H groups in total. The van der Waals surface area contributed by atoms with Crippen LogP contribution in [0.3, 0.4) is 0 Å². The van der Waals surface area contributed by atoms with Crippen molar-refractivity contribution in [2.45, 2.75) is 11.5 Å². The van der Waals surface area contributed by atoms with E-state index in [1.165, 1.54) is 7.11 Å². The number of carbonyl (C=O) groups excluding carboxylic acids is 1. The Kier molecular flexibility index (Phi) is 3.92. The minimum Gasteiger partial charge on any atom is -0.467 e. The molecule has 0 fully saturated rings. The molecule has 0 saturated carbocycles. The van der Waals surface area contributed by atoms with Gasteiger partial charge >= 0.3 is 5.97 Å². The molecule has 1 aromatic rings. The second-order valence-electron chi connectivity index (χ2n) is 2.78. The molecule has 0 aliphatic rings. The van der Waals surface area contributed by atoms with Crippen LogP contribution in [0, 0.1) is 0 Å². The number of methoxy groups -OCH3 is 1. The summed E-state index contributed by atoms with van der Waals surface area (Å²) >= 11 is 5.88. The van der Waals surface area contributed by atoms with Gasteiger partial charge in [0.05, 0.1) is 12.5 Å². The van der Waals surface area contributed by atoms with Crippen molar-refractivity contribution in [1.82, 2.24) is 0 Å². The molecule has 0 aromatic heterocycles. The molecule has 1 rings (SSSR count). The zero-order chi connectivity index (χ0) is 10.6. The van der Waals surface area contributed by atoms with Crippen molar-refractivity contribution < 1.29 is 14.6 Å². The molecule has 0 aliphatic heterocycles. The topological polar surface area (TPSA) is 46.5 Å². The Labute approximate surface area is 87.3 Å². The third-order valence-corrected chi connectivity index (χ3v) is 2.33. The highest BCUT2D eigenvalue weighted by atomic mass is 35.5. The second kappa shape index (κ2) is 4.98. The molecule has 0 radical (unpaired) electrons. The van der Waals surface area contributed by atoms with E-state index in [9.17, 15) is 9.90 Å². The van der Waals surface area contributed by atoms with Crippen LogP contribution < -0.4 is 0 Å². The van der Waals surface area contributed by atoms with Crippen molar-refractivity contribution in [3.05, 3.63) is 35.9 Å². The maximum Gasteiger partial charge on any atom is 0.336 e. The first-order valence-corrected chi connectivity index (χ1v) is 4.55. The molecular formula is C10H11ClO3. The summed E-state index contributed by atoms with van der Waals surface area (Å²) in [6, 6.07) is 8.88. The number of alkyl halides is 1. The lowest BCUT2D eigenvalue weighted by molar-refractivity contribution is -0.150. The van der Waals surface area contributed by atoms with Crippen molar-refractivity contribution in [3.8, 4) is 0 Å². The van der Waals surface area contributed by atoms with Crippen LogP contribution in [0.2, 0.25) is 0 Å². The summed E-state index contributed by atoms with van der Waals surface area (Å²) in [5.41, 5.74) is 0.687. The SMILES string of the molecule is COC(=O)[C@@H](O)[C@H](Cl)c1ccccc1. The van der Waals surface area contributed by atoms with Gasteiger partial charge in [0.1, 0.15) is 0 Å². The van der Waals surface area contributed by atoms with Crippen molar-refractivity contribution in [1.29, 1.82) is 0 Å². The number of aliphatic hydroxyl groups is 1. The van der Waals surface area contributed by atoms with Gasteiger partial charge in [-0.2, -0.15) is 0 Å². The van der Waals surface area contributed by atoms with E-state index in [4.69, 9.17) is 11.6 Å². The zero-order valence-electron chi connectivity index (χ0n) is 7.68. The lowest BCUT2D eigenvalue weighted by atomic mass is 10.1. The van der Waals surface area contributed by atoms with Crippen LogP contribution in [0.1, 0.15) is 10.9 Å². The third kappa shape index (κ3) is 2.47. The number of carbonyl (C=O) groups is 1. The molecule has 0 heterocycles. The van der Waals surface area contributed by atoms with E-state index >= 15 is 0 Å². The molecule has 2 atom stereocenters. The normalized spacial score (nSPS) is 14.5. The average Bonchev–Trinajstić information content (AvgIpc) is 2.27. The van der Waals surface area contributed by atoms with Crippen molar-refractivity contribution >= 4 is 17.6 Å². The Morgan fingerprint density at radius 3 is 2.50 bits per heavy atom. The largest absolute Gasteiger partial charge is 0.467 e. The molecule has 14 heavy (non-hydrogen) atoms. The molecule has 0 bridgehead atoms. The van der Waals surface area contributed by atoms with Crippen LogP contribution in [0.15, 0.2) is 30.3 Å². The van der Waals surface area contributed by atoms with E-state index in [-0.39, 0.29) is 0 Å². The van der Waals surface area contributed by atoms with E-state index in [1.54, 1.807) is 24.3 Å². The van der Waals surface area contributed by atoms with Gasteiger partial charge in [-0.15, -0.1) is 11.6 Å². The smallest absolute Gasteiger partial charge is 0.336 e. The van der Waals surface area contributed by atoms with Gasteiger partial charge in [0.15, 0.2) is 6.10 Å². The summed E-state index contributed by atoms with van der Waals surface area (Å²) in [7, 11) is 1.21. The van der Waals surface area contributed by atoms with E-state index in [0.717, 1.165) is 0 Å². The number of hydrogen-bond acceptors (Lipinski definition) is 3. The van der Waals surface area contributed by atoms with E-state index in [1.807, 2.05) is 6.07 Å². The number of halogens is 1. The highest BCUT2D eigenvalue weighted by Gasteiger charge is 2.26. The zero-order valence-corrected chi connectivity index (χ0v) is 8.44. The fourth-order valence-electron chi connectivity index (χ4n) is 1.06. The number of esters is 1. The quantitative estimate of drug-likeness (QED) is 0.613. The van der Waals surface area contributed by atoms with Crippen LogP contribution >= 0.6 is 11.6 Å². The fourth-order valence-corrected chi connectivity index (χ4v) is 1.31. The maximum atomic E-state index is 11.0. The first kappa shape index (κ1) is 11.0. The Morgan fingerprint density at radius 1 is 1.43 bits per heavy atom. The highest BCUT2D eigenvalue weighted by Crippen LogP contribution is 2.24. The van der Waals surface area contributed by atoms with Gasteiger partial charge in [-0.3, -0.25) is 0 Å². The molecule has 1 aromatic carbocycles. The Bertz CT molecular complexity index is 299. The summed E-state index contributed by atoms with van der Waals surface area (Å²) in [6.45, 7) is 0. The second-order valence-corrected chi connectivity index (χ2v) is 3.25. The van der Waals surface area contributed by atoms with Gasteiger partial charge in [0.2, 0.25) is 0 Å². The van der Waals surface area contributed by atoms with Gasteiger partial charge in [0, 0.05) is 0 Å². The summed E-state index contributed by atoms with van der Waals surface area (Å²) in [5.74, 6) is -0.728. The molecule has 3 nitrogen and oxygen atoms in total. The van der Waals surface area contributed by atoms with Crippen molar-refractivity contribution in [2.24, 2.45) is 0 Å². The minimum absolute atomic E-state index is 0.687. The molecule has 0 unspecified atom stereocenters. The van der Waals surface area contributed by atoms with Gasteiger partial charge in [0.25, 0.3) is 0 Å². The van der Waals surface area contributed by atoms with Gasteiger partial charge in [-0.05, 0) is 5.56 Å². The summed E-state index contributed by atoms with van der Waals surface area (Å²) in [5, 5.41) is 8.66. The van der Waals surface area contributed by atoms with Gasteiger partial charge < -0.3 is 9.84 Å². The van der Waals surface area contributed by atoms with Crippen molar-refractivity contribution in [3.63, 3.8) is 0 Å². The third-order valence-electron chi connectivity index (χ3n) is 1.84. The number of hydrogen-bond donors (Lipinski definition) is 1. The Balaban J connectivity index is 2.75. The number of benzene rings is 1. The van der Waals surface area contributed by atoms with E-state index in [0.29, 0.717) is 5.56 Å². The molecule has 0 aliphatic carbocycles. The molecule has 76 valence electrons. The molecule has 0 spiro atoms. The lowest BCUT2D eigenvalue weighted by Crippen LogP contribution is -2.26. The van der Waals surface area contributed by atoms with Gasteiger partial charge in [-0.25, -0.2) is 4.79 Å². The number of ether oxygens (including phenoxy) is 1. The number of aliphatic hydroxyl groups excluding tert-OH is 1. The maximum absolute atomic E-state index is 11.0. The monoisotopic (exact) mass is 214 g/mol. The Hall–Kier alpha value is -1.06. The molecule has 4 heteroatoms. The van der Waals surface area contributed by atoms with Crippen LogP contribution in [-0.2, 0) is 9.53 Å². The van der Waals surface area contributed by atoms with E-state index in [2.05, 4.69) is 4.74 Å². The molecule has 0 amide bonds. The van der Waals surface area contributed by atoms with E-state index < -0.39 is 17.5 Å². The number of rotatable bonds is 3.